The van der Waals surface area contributed by atoms with Crippen molar-refractivity contribution in [1.82, 2.24) is 14.7 Å². The van der Waals surface area contributed by atoms with Crippen LogP contribution in [0, 0.1) is 5.92 Å². The molecule has 1 fully saturated rings. The van der Waals surface area contributed by atoms with Gasteiger partial charge in [0.05, 0.1) is 18.4 Å². The van der Waals surface area contributed by atoms with E-state index < -0.39 is 0 Å². The van der Waals surface area contributed by atoms with E-state index in [1.165, 1.54) is 0 Å². The molecule has 2 unspecified atom stereocenters. The summed E-state index contributed by atoms with van der Waals surface area (Å²) in [4.78, 5) is 15.4. The molecule has 0 aliphatic carbocycles. The van der Waals surface area contributed by atoms with Gasteiger partial charge in [-0.2, -0.15) is 5.10 Å². The highest BCUT2D eigenvalue weighted by atomic mass is 35.5. The number of benzene rings is 2. The van der Waals surface area contributed by atoms with Gasteiger partial charge in [0.2, 0.25) is 0 Å². The molecule has 1 aliphatic heterocycles. The zero-order valence-corrected chi connectivity index (χ0v) is 18.0. The maximum Gasteiger partial charge on any atom is 0.257 e. The fourth-order valence-electron chi connectivity index (χ4n) is 3.98. The molecule has 2 aromatic carbocycles. The van der Waals surface area contributed by atoms with E-state index in [1.807, 2.05) is 65.7 Å². The molecule has 30 heavy (non-hydrogen) atoms. The number of para-hydroxylation sites is 1. The Morgan fingerprint density at radius 2 is 1.97 bits per heavy atom. The number of hydrogen-bond acceptors (Lipinski definition) is 4. The van der Waals surface area contributed by atoms with E-state index in [9.17, 15) is 4.79 Å². The zero-order valence-electron chi connectivity index (χ0n) is 17.2. The number of halogens is 1. The minimum Gasteiger partial charge on any atom is -0.497 e. The number of likely N-dealkylation sites (tertiary alicyclic amines) is 1. The Bertz CT molecular complexity index is 1010. The molecule has 4 rings (SSSR count). The fraction of sp³-hybridized carbons (Fsp3) is 0.304. The Hall–Kier alpha value is -2.83. The van der Waals surface area contributed by atoms with Crippen molar-refractivity contribution < 1.29 is 9.53 Å². The van der Waals surface area contributed by atoms with Gasteiger partial charge in [0, 0.05) is 24.3 Å². The topological polar surface area (TPSA) is 73.4 Å². The van der Waals surface area contributed by atoms with Gasteiger partial charge in [-0.3, -0.25) is 4.79 Å². The second kappa shape index (κ2) is 9.32. The van der Waals surface area contributed by atoms with E-state index in [0.29, 0.717) is 30.3 Å². The third-order valence-electron chi connectivity index (χ3n) is 5.56. The number of nitrogens with two attached hydrogens (primary N) is 1. The highest BCUT2D eigenvalue weighted by Crippen LogP contribution is 2.30. The molecule has 1 amide bonds. The van der Waals surface area contributed by atoms with Crippen molar-refractivity contribution in [3.8, 4) is 22.7 Å². The largest absolute Gasteiger partial charge is 0.497 e. The normalized spacial score (nSPS) is 18.2. The van der Waals surface area contributed by atoms with Crippen LogP contribution < -0.4 is 10.5 Å². The maximum absolute atomic E-state index is 13.5. The summed E-state index contributed by atoms with van der Waals surface area (Å²) in [6, 6.07) is 17.6. The van der Waals surface area contributed by atoms with Crippen LogP contribution in [0.25, 0.3) is 16.9 Å². The quantitative estimate of drug-likeness (QED) is 0.673. The van der Waals surface area contributed by atoms with E-state index in [1.54, 1.807) is 11.8 Å². The summed E-state index contributed by atoms with van der Waals surface area (Å²) >= 11 is 0. The highest BCUT2D eigenvalue weighted by molar-refractivity contribution is 6.00. The zero-order chi connectivity index (χ0) is 20.4. The molecule has 3 aromatic rings. The molecule has 158 valence electrons. The maximum atomic E-state index is 13.5. The number of carbonyl (C=O) groups excluding carboxylic acids is 1. The Morgan fingerprint density at radius 3 is 2.63 bits per heavy atom. The van der Waals surface area contributed by atoms with E-state index >= 15 is 0 Å². The number of methoxy groups -OCH3 is 1. The fourth-order valence-corrected chi connectivity index (χ4v) is 3.98. The molecule has 2 atom stereocenters. The average molecular weight is 427 g/mol. The van der Waals surface area contributed by atoms with Crippen LogP contribution in [-0.4, -0.2) is 46.8 Å². The lowest BCUT2D eigenvalue weighted by atomic mass is 10.1. The van der Waals surface area contributed by atoms with Crippen molar-refractivity contribution in [3.05, 3.63) is 66.4 Å². The summed E-state index contributed by atoms with van der Waals surface area (Å²) in [5.41, 5.74) is 8.86. The van der Waals surface area contributed by atoms with Gasteiger partial charge in [0.25, 0.3) is 5.91 Å². The molecule has 0 bridgehead atoms. The van der Waals surface area contributed by atoms with Gasteiger partial charge in [0.1, 0.15) is 11.4 Å². The predicted molar refractivity (Wildman–Crippen MR) is 120 cm³/mol. The predicted octanol–water partition coefficient (Wildman–Crippen LogP) is 3.78. The Morgan fingerprint density at radius 1 is 1.20 bits per heavy atom. The summed E-state index contributed by atoms with van der Waals surface area (Å²) in [7, 11) is 1.63. The van der Waals surface area contributed by atoms with Gasteiger partial charge in [-0.1, -0.05) is 30.3 Å². The van der Waals surface area contributed by atoms with Crippen LogP contribution >= 0.6 is 12.4 Å². The van der Waals surface area contributed by atoms with Crippen LogP contribution in [0.5, 0.6) is 5.75 Å². The molecule has 6 nitrogen and oxygen atoms in total. The standard InChI is InChI=1S/C23H26N4O2.ClH/c1-16-11-17(13-24)14-26(16)23(28)21-15-27(19-8-4-3-5-9-19)25-22(21)18-7-6-10-20(12-18)29-2;/h3-10,12,15-17H,11,13-14,24H2,1-2H3;1H. The molecule has 7 heteroatoms. The van der Waals surface area contributed by atoms with Gasteiger partial charge in [-0.15, -0.1) is 12.4 Å². The third kappa shape index (κ3) is 4.20. The molecule has 2 heterocycles. The van der Waals surface area contributed by atoms with Crippen molar-refractivity contribution in [2.24, 2.45) is 11.7 Å². The minimum absolute atomic E-state index is 0. The Kier molecular flexibility index (Phi) is 6.80. The summed E-state index contributed by atoms with van der Waals surface area (Å²) in [5.74, 6) is 1.07. The van der Waals surface area contributed by atoms with E-state index in [0.717, 1.165) is 23.4 Å². The summed E-state index contributed by atoms with van der Waals surface area (Å²) in [5, 5.41) is 4.77. The van der Waals surface area contributed by atoms with E-state index in [2.05, 4.69) is 6.92 Å². The number of nitrogens with zero attached hydrogens (tertiary/aromatic N) is 3. The first kappa shape index (κ1) is 21.9. The summed E-state index contributed by atoms with van der Waals surface area (Å²) < 4.78 is 7.14. The van der Waals surface area contributed by atoms with Gasteiger partial charge in [-0.25, -0.2) is 4.68 Å². The molecule has 2 N–H and O–H groups in total. The van der Waals surface area contributed by atoms with Crippen LogP contribution in [0.3, 0.4) is 0 Å². The average Bonchev–Trinajstić information content (AvgIpc) is 3.38. The molecule has 0 spiro atoms. The summed E-state index contributed by atoms with van der Waals surface area (Å²) in [6.45, 7) is 3.37. The number of carbonyl (C=O) groups is 1. The Labute approximate surface area is 183 Å². The van der Waals surface area contributed by atoms with Crippen LogP contribution in [0.2, 0.25) is 0 Å². The third-order valence-corrected chi connectivity index (χ3v) is 5.56. The molecule has 1 saturated heterocycles. The lowest BCUT2D eigenvalue weighted by Crippen LogP contribution is -2.34. The van der Waals surface area contributed by atoms with Crippen LogP contribution in [-0.2, 0) is 0 Å². The highest BCUT2D eigenvalue weighted by Gasteiger charge is 2.34. The monoisotopic (exact) mass is 426 g/mol. The van der Waals surface area contributed by atoms with Crippen LogP contribution in [0.15, 0.2) is 60.8 Å². The van der Waals surface area contributed by atoms with Crippen LogP contribution in [0.1, 0.15) is 23.7 Å². The SMILES string of the molecule is COc1cccc(-c2nn(-c3ccccc3)cc2C(=O)N2CC(CN)CC2C)c1.Cl. The lowest BCUT2D eigenvalue weighted by Gasteiger charge is -2.21. The smallest absolute Gasteiger partial charge is 0.257 e. The van der Waals surface area contributed by atoms with Gasteiger partial charge in [0.15, 0.2) is 0 Å². The molecule has 0 radical (unpaired) electrons. The van der Waals surface area contributed by atoms with Crippen molar-refractivity contribution in [2.45, 2.75) is 19.4 Å². The van der Waals surface area contributed by atoms with Crippen molar-refractivity contribution in [2.75, 3.05) is 20.2 Å². The molecular formula is C23H27ClN4O2. The number of hydrogen-bond donors (Lipinski definition) is 1. The van der Waals surface area contributed by atoms with Gasteiger partial charge < -0.3 is 15.4 Å². The van der Waals surface area contributed by atoms with Crippen molar-refractivity contribution in [3.63, 3.8) is 0 Å². The Balaban J connectivity index is 0.00000256. The van der Waals surface area contributed by atoms with Crippen molar-refractivity contribution in [1.29, 1.82) is 0 Å². The molecular weight excluding hydrogens is 400 g/mol. The number of ether oxygens (including phenoxy) is 1. The number of rotatable bonds is 5. The van der Waals surface area contributed by atoms with Gasteiger partial charge in [-0.05, 0) is 50.1 Å². The molecule has 1 aromatic heterocycles. The van der Waals surface area contributed by atoms with Crippen LogP contribution in [0.4, 0.5) is 0 Å². The minimum atomic E-state index is -0.00606. The number of aromatic nitrogens is 2. The van der Waals surface area contributed by atoms with Gasteiger partial charge >= 0.3 is 0 Å². The molecule has 0 saturated carbocycles. The van der Waals surface area contributed by atoms with E-state index in [-0.39, 0.29) is 24.4 Å². The van der Waals surface area contributed by atoms with E-state index in [4.69, 9.17) is 15.6 Å². The first-order valence-electron chi connectivity index (χ1n) is 9.91. The first-order chi connectivity index (χ1) is 14.1. The van der Waals surface area contributed by atoms with Crippen molar-refractivity contribution >= 4 is 18.3 Å². The molecule has 1 aliphatic rings. The lowest BCUT2D eigenvalue weighted by molar-refractivity contribution is 0.0744. The number of amides is 1. The summed E-state index contributed by atoms with van der Waals surface area (Å²) in [6.07, 6.45) is 2.76. The second-order valence-electron chi connectivity index (χ2n) is 7.55. The second-order valence-corrected chi connectivity index (χ2v) is 7.55. The first-order valence-corrected chi connectivity index (χ1v) is 9.91.